The predicted octanol–water partition coefficient (Wildman–Crippen LogP) is 3.48. The van der Waals surface area contributed by atoms with E-state index in [0.717, 1.165) is 25.5 Å². The van der Waals surface area contributed by atoms with Crippen LogP contribution >= 0.6 is 11.3 Å². The molecule has 4 rings (SSSR count). The molecule has 29 heavy (non-hydrogen) atoms. The zero-order valence-corrected chi connectivity index (χ0v) is 16.7. The van der Waals surface area contributed by atoms with Crippen molar-refractivity contribution < 1.29 is 9.53 Å². The molecule has 2 heterocycles. The van der Waals surface area contributed by atoms with Crippen LogP contribution in [0.3, 0.4) is 0 Å². The number of amides is 1. The molecule has 146 valence electrons. The summed E-state index contributed by atoms with van der Waals surface area (Å²) in [6.07, 6.45) is 0. The van der Waals surface area contributed by atoms with Crippen LogP contribution < -0.4 is 15.6 Å². The Labute approximate surface area is 170 Å². The topological polar surface area (TPSA) is 86.1 Å². The minimum atomic E-state index is -0.357. The number of rotatable bonds is 5. The summed E-state index contributed by atoms with van der Waals surface area (Å²) < 4.78 is 7.55. The van der Waals surface area contributed by atoms with Crippen LogP contribution in [0.25, 0.3) is 21.5 Å². The number of nitrogens with one attached hydrogen (secondary N) is 1. The number of anilines is 1. The fourth-order valence-electron chi connectivity index (χ4n) is 3.02. The minimum Gasteiger partial charge on any atom is -0.496 e. The molecule has 1 amide bonds. The van der Waals surface area contributed by atoms with Crippen LogP contribution in [-0.4, -0.2) is 27.8 Å². The van der Waals surface area contributed by atoms with E-state index in [0.29, 0.717) is 17.1 Å². The SMILES string of the molecule is COc1ccccc1-c1ccc(=O)n(CC(=O)Nc2ccc3sc(C)nc3c2)n1. The van der Waals surface area contributed by atoms with Crippen LogP contribution in [0.4, 0.5) is 5.69 Å². The van der Waals surface area contributed by atoms with Gasteiger partial charge in [-0.05, 0) is 43.3 Å². The molecule has 2 aromatic heterocycles. The van der Waals surface area contributed by atoms with E-state index in [1.807, 2.05) is 49.4 Å². The summed E-state index contributed by atoms with van der Waals surface area (Å²) in [5.41, 5.74) is 2.40. The van der Waals surface area contributed by atoms with Gasteiger partial charge in [-0.3, -0.25) is 9.59 Å². The van der Waals surface area contributed by atoms with Gasteiger partial charge in [0.25, 0.3) is 5.56 Å². The second kappa shape index (κ2) is 7.84. The van der Waals surface area contributed by atoms with E-state index in [4.69, 9.17) is 4.74 Å². The smallest absolute Gasteiger partial charge is 0.267 e. The molecular formula is C21H18N4O3S. The molecule has 0 aliphatic rings. The highest BCUT2D eigenvalue weighted by Crippen LogP contribution is 2.27. The third-order valence-electron chi connectivity index (χ3n) is 4.32. The Morgan fingerprint density at radius 2 is 2.00 bits per heavy atom. The van der Waals surface area contributed by atoms with Gasteiger partial charge in [-0.15, -0.1) is 11.3 Å². The van der Waals surface area contributed by atoms with Crippen LogP contribution in [0.5, 0.6) is 5.75 Å². The Morgan fingerprint density at radius 3 is 2.83 bits per heavy atom. The molecule has 0 saturated heterocycles. The van der Waals surface area contributed by atoms with Crippen molar-refractivity contribution in [2.24, 2.45) is 0 Å². The lowest BCUT2D eigenvalue weighted by molar-refractivity contribution is -0.117. The largest absolute Gasteiger partial charge is 0.496 e. The molecule has 0 atom stereocenters. The van der Waals surface area contributed by atoms with Crippen molar-refractivity contribution in [2.45, 2.75) is 13.5 Å². The number of benzene rings is 2. The number of aryl methyl sites for hydroxylation is 1. The quantitative estimate of drug-likeness (QED) is 0.548. The fourth-order valence-corrected chi connectivity index (χ4v) is 3.83. The zero-order chi connectivity index (χ0) is 20.4. The summed E-state index contributed by atoms with van der Waals surface area (Å²) in [7, 11) is 1.57. The summed E-state index contributed by atoms with van der Waals surface area (Å²) in [6.45, 7) is 1.74. The highest BCUT2D eigenvalue weighted by molar-refractivity contribution is 7.18. The van der Waals surface area contributed by atoms with Gasteiger partial charge in [0.15, 0.2) is 0 Å². The van der Waals surface area contributed by atoms with E-state index in [1.165, 1.54) is 6.07 Å². The Bertz CT molecular complexity index is 1260. The number of nitrogens with zero attached hydrogens (tertiary/aromatic N) is 3. The van der Waals surface area contributed by atoms with Gasteiger partial charge < -0.3 is 10.1 Å². The Hall–Kier alpha value is -3.52. The lowest BCUT2D eigenvalue weighted by Crippen LogP contribution is -2.29. The summed E-state index contributed by atoms with van der Waals surface area (Å²) >= 11 is 1.60. The summed E-state index contributed by atoms with van der Waals surface area (Å²) in [5.74, 6) is 0.296. The molecule has 0 radical (unpaired) electrons. The summed E-state index contributed by atoms with van der Waals surface area (Å²) in [4.78, 5) is 29.1. The maximum Gasteiger partial charge on any atom is 0.267 e. The molecule has 0 saturated carbocycles. The third-order valence-corrected chi connectivity index (χ3v) is 5.27. The Morgan fingerprint density at radius 1 is 1.17 bits per heavy atom. The predicted molar refractivity (Wildman–Crippen MR) is 113 cm³/mol. The van der Waals surface area contributed by atoms with E-state index in [1.54, 1.807) is 24.5 Å². The molecule has 0 bridgehead atoms. The first-order valence-corrected chi connectivity index (χ1v) is 9.74. The number of para-hydroxylation sites is 1. The second-order valence-electron chi connectivity index (χ2n) is 6.38. The van der Waals surface area contributed by atoms with Crippen molar-refractivity contribution >= 4 is 33.1 Å². The van der Waals surface area contributed by atoms with Crippen molar-refractivity contribution in [1.82, 2.24) is 14.8 Å². The van der Waals surface area contributed by atoms with Crippen molar-refractivity contribution in [1.29, 1.82) is 0 Å². The standard InChI is InChI=1S/C21H18N4O3S/c1-13-22-17-11-14(7-9-19(17)29-13)23-20(26)12-25-21(27)10-8-16(24-25)15-5-3-4-6-18(15)28-2/h3-11H,12H2,1-2H3,(H,23,26). The van der Waals surface area contributed by atoms with Gasteiger partial charge in [-0.1, -0.05) is 12.1 Å². The van der Waals surface area contributed by atoms with Crippen molar-refractivity contribution in [3.63, 3.8) is 0 Å². The first-order valence-electron chi connectivity index (χ1n) is 8.92. The lowest BCUT2D eigenvalue weighted by Gasteiger charge is -2.10. The highest BCUT2D eigenvalue weighted by Gasteiger charge is 2.11. The normalized spacial score (nSPS) is 10.8. The molecule has 2 aromatic carbocycles. The molecular weight excluding hydrogens is 388 g/mol. The number of aromatic nitrogens is 3. The molecule has 0 aliphatic carbocycles. The van der Waals surface area contributed by atoms with Crippen LogP contribution in [-0.2, 0) is 11.3 Å². The molecule has 0 aliphatic heterocycles. The fraction of sp³-hybridized carbons (Fsp3) is 0.143. The van der Waals surface area contributed by atoms with Gasteiger partial charge in [0, 0.05) is 17.3 Å². The van der Waals surface area contributed by atoms with Gasteiger partial charge in [0.1, 0.15) is 12.3 Å². The van der Waals surface area contributed by atoms with E-state index in [-0.39, 0.29) is 18.0 Å². The van der Waals surface area contributed by atoms with E-state index < -0.39 is 0 Å². The van der Waals surface area contributed by atoms with Gasteiger partial charge >= 0.3 is 0 Å². The zero-order valence-electron chi connectivity index (χ0n) is 15.9. The average Bonchev–Trinajstić information content (AvgIpc) is 3.09. The van der Waals surface area contributed by atoms with Crippen LogP contribution in [0.15, 0.2) is 59.4 Å². The molecule has 7 nitrogen and oxygen atoms in total. The van der Waals surface area contributed by atoms with Gasteiger partial charge in [0.2, 0.25) is 5.91 Å². The number of ether oxygens (including phenoxy) is 1. The number of thiazole rings is 1. The molecule has 0 unspecified atom stereocenters. The van der Waals surface area contributed by atoms with E-state index in [9.17, 15) is 9.59 Å². The van der Waals surface area contributed by atoms with Gasteiger partial charge in [-0.2, -0.15) is 5.10 Å². The van der Waals surface area contributed by atoms with E-state index in [2.05, 4.69) is 15.4 Å². The monoisotopic (exact) mass is 406 g/mol. The maximum absolute atomic E-state index is 12.5. The summed E-state index contributed by atoms with van der Waals surface area (Å²) in [5, 5.41) is 8.11. The molecule has 1 N–H and O–H groups in total. The molecule has 8 heteroatoms. The van der Waals surface area contributed by atoms with Crippen LogP contribution in [0, 0.1) is 6.92 Å². The first-order chi connectivity index (χ1) is 14.0. The number of carbonyl (C=O) groups is 1. The number of methoxy groups -OCH3 is 1. The maximum atomic E-state index is 12.5. The number of fused-ring (bicyclic) bond motifs is 1. The third kappa shape index (κ3) is 4.02. The highest BCUT2D eigenvalue weighted by atomic mass is 32.1. The number of carbonyl (C=O) groups excluding carboxylic acids is 1. The average molecular weight is 406 g/mol. The van der Waals surface area contributed by atoms with Crippen molar-refractivity contribution in [3.8, 4) is 17.0 Å². The lowest BCUT2D eigenvalue weighted by atomic mass is 10.1. The van der Waals surface area contributed by atoms with Crippen molar-refractivity contribution in [3.05, 3.63) is 70.0 Å². The Balaban J connectivity index is 1.56. The second-order valence-corrected chi connectivity index (χ2v) is 7.61. The Kier molecular flexibility index (Phi) is 5.09. The number of hydrogen-bond acceptors (Lipinski definition) is 6. The number of hydrogen-bond donors (Lipinski definition) is 1. The van der Waals surface area contributed by atoms with Crippen LogP contribution in [0.1, 0.15) is 5.01 Å². The van der Waals surface area contributed by atoms with Gasteiger partial charge in [-0.25, -0.2) is 9.67 Å². The van der Waals surface area contributed by atoms with Crippen molar-refractivity contribution in [2.75, 3.05) is 12.4 Å². The minimum absolute atomic E-state index is 0.198. The summed E-state index contributed by atoms with van der Waals surface area (Å²) in [6, 6.07) is 15.9. The molecule has 4 aromatic rings. The van der Waals surface area contributed by atoms with Gasteiger partial charge in [0.05, 0.1) is 28.0 Å². The van der Waals surface area contributed by atoms with Crippen LogP contribution in [0.2, 0.25) is 0 Å². The molecule has 0 spiro atoms. The molecule has 0 fully saturated rings. The first kappa shape index (κ1) is 18.8. The van der Waals surface area contributed by atoms with E-state index >= 15 is 0 Å².